The number of carbonyl (C=O) groups is 3. The Kier molecular flexibility index (Phi) is 6.91. The first kappa shape index (κ1) is 19.2. The van der Waals surface area contributed by atoms with Crippen LogP contribution >= 0.6 is 0 Å². The van der Waals surface area contributed by atoms with Gasteiger partial charge in [0.25, 0.3) is 0 Å². The topological polar surface area (TPSA) is 81.7 Å². The van der Waals surface area contributed by atoms with Crippen molar-refractivity contribution < 1.29 is 23.9 Å². The summed E-state index contributed by atoms with van der Waals surface area (Å²) in [7, 11) is 0. The number of anilines is 1. The number of hydrogen-bond donors (Lipinski definition) is 1. The van der Waals surface area contributed by atoms with Gasteiger partial charge in [-0.25, -0.2) is 9.59 Å². The van der Waals surface area contributed by atoms with Gasteiger partial charge in [-0.05, 0) is 37.6 Å². The number of nitrogens with one attached hydrogen (secondary N) is 1. The molecule has 0 saturated heterocycles. The zero-order valence-electron chi connectivity index (χ0n) is 14.8. The number of ether oxygens (including phenoxy) is 2. The molecule has 136 valence electrons. The molecule has 0 saturated carbocycles. The van der Waals surface area contributed by atoms with Crippen LogP contribution in [0.25, 0.3) is 0 Å². The number of esters is 2. The Morgan fingerprint density at radius 3 is 1.88 bits per heavy atom. The van der Waals surface area contributed by atoms with Crippen molar-refractivity contribution in [2.75, 3.05) is 18.5 Å². The Labute approximate surface area is 152 Å². The van der Waals surface area contributed by atoms with Crippen molar-refractivity contribution in [1.29, 1.82) is 0 Å². The molecular weight excluding hydrogens is 334 g/mol. The fourth-order valence-electron chi connectivity index (χ4n) is 2.35. The van der Waals surface area contributed by atoms with Crippen LogP contribution in [0.4, 0.5) is 5.69 Å². The third-order valence-electron chi connectivity index (χ3n) is 3.45. The van der Waals surface area contributed by atoms with Crippen LogP contribution in [-0.4, -0.2) is 31.1 Å². The minimum atomic E-state index is -0.572. The molecule has 0 aliphatic carbocycles. The van der Waals surface area contributed by atoms with E-state index < -0.39 is 11.9 Å². The zero-order valence-corrected chi connectivity index (χ0v) is 14.8. The minimum absolute atomic E-state index is 0.174. The van der Waals surface area contributed by atoms with Gasteiger partial charge in [-0.1, -0.05) is 30.3 Å². The summed E-state index contributed by atoms with van der Waals surface area (Å²) in [6.07, 6.45) is 0.180. The lowest BCUT2D eigenvalue weighted by atomic mass is 10.1. The largest absolute Gasteiger partial charge is 0.462 e. The van der Waals surface area contributed by atoms with Gasteiger partial charge in [0, 0.05) is 5.69 Å². The fraction of sp³-hybridized carbons (Fsp3) is 0.250. The molecule has 1 N–H and O–H groups in total. The predicted octanol–water partition coefficient (Wildman–Crippen LogP) is 3.22. The molecule has 26 heavy (non-hydrogen) atoms. The second-order valence-electron chi connectivity index (χ2n) is 5.45. The lowest BCUT2D eigenvalue weighted by Crippen LogP contribution is -2.16. The first-order valence-corrected chi connectivity index (χ1v) is 8.36. The van der Waals surface area contributed by atoms with E-state index in [4.69, 9.17) is 9.47 Å². The van der Waals surface area contributed by atoms with E-state index in [9.17, 15) is 14.4 Å². The first-order valence-electron chi connectivity index (χ1n) is 8.36. The molecule has 0 bridgehead atoms. The van der Waals surface area contributed by atoms with Crippen LogP contribution in [0.1, 0.15) is 40.1 Å². The lowest BCUT2D eigenvalue weighted by molar-refractivity contribution is -0.115. The van der Waals surface area contributed by atoms with E-state index in [2.05, 4.69) is 5.32 Å². The summed E-state index contributed by atoms with van der Waals surface area (Å²) < 4.78 is 9.95. The quantitative estimate of drug-likeness (QED) is 0.771. The number of amides is 1. The maximum Gasteiger partial charge on any atom is 0.338 e. The van der Waals surface area contributed by atoms with Crippen molar-refractivity contribution in [2.24, 2.45) is 0 Å². The van der Waals surface area contributed by atoms with Gasteiger partial charge in [0.05, 0.1) is 30.8 Å². The van der Waals surface area contributed by atoms with Crippen LogP contribution in [0.5, 0.6) is 0 Å². The monoisotopic (exact) mass is 355 g/mol. The van der Waals surface area contributed by atoms with Gasteiger partial charge in [-0.15, -0.1) is 0 Å². The van der Waals surface area contributed by atoms with Crippen molar-refractivity contribution in [3.63, 3.8) is 0 Å². The molecule has 0 aliphatic rings. The predicted molar refractivity (Wildman–Crippen MR) is 97.1 cm³/mol. The molecule has 2 aromatic rings. The molecule has 0 fully saturated rings. The van der Waals surface area contributed by atoms with Crippen molar-refractivity contribution >= 4 is 23.5 Å². The van der Waals surface area contributed by atoms with E-state index in [-0.39, 0.29) is 36.7 Å². The van der Waals surface area contributed by atoms with E-state index >= 15 is 0 Å². The van der Waals surface area contributed by atoms with Gasteiger partial charge >= 0.3 is 11.9 Å². The molecule has 0 radical (unpaired) electrons. The Morgan fingerprint density at radius 2 is 1.38 bits per heavy atom. The van der Waals surface area contributed by atoms with Crippen molar-refractivity contribution in [3.8, 4) is 0 Å². The number of hydrogen-bond acceptors (Lipinski definition) is 5. The van der Waals surface area contributed by atoms with E-state index in [1.807, 2.05) is 30.3 Å². The third-order valence-corrected chi connectivity index (χ3v) is 3.45. The highest BCUT2D eigenvalue weighted by molar-refractivity contribution is 5.99. The number of carbonyl (C=O) groups excluding carboxylic acids is 3. The SMILES string of the molecule is CCOC(=O)c1cc(NC(=O)Cc2ccccc2)cc(C(=O)OCC)c1. The summed E-state index contributed by atoms with van der Waals surface area (Å²) in [6, 6.07) is 13.6. The van der Waals surface area contributed by atoms with Crippen LogP contribution in [0.2, 0.25) is 0 Å². The van der Waals surface area contributed by atoms with Crippen molar-refractivity contribution in [3.05, 3.63) is 65.2 Å². The summed E-state index contributed by atoms with van der Waals surface area (Å²) in [6.45, 7) is 3.79. The van der Waals surface area contributed by atoms with E-state index in [1.165, 1.54) is 18.2 Å². The van der Waals surface area contributed by atoms with E-state index in [1.54, 1.807) is 13.8 Å². The zero-order chi connectivity index (χ0) is 18.9. The number of benzene rings is 2. The molecule has 6 heteroatoms. The molecule has 2 aromatic carbocycles. The molecule has 1 amide bonds. The molecular formula is C20H21NO5. The van der Waals surface area contributed by atoms with Crippen LogP contribution in [-0.2, 0) is 20.7 Å². The smallest absolute Gasteiger partial charge is 0.338 e. The fourth-order valence-corrected chi connectivity index (χ4v) is 2.35. The molecule has 0 heterocycles. The van der Waals surface area contributed by atoms with Gasteiger partial charge < -0.3 is 14.8 Å². The molecule has 0 aromatic heterocycles. The average Bonchev–Trinajstić information content (AvgIpc) is 2.62. The van der Waals surface area contributed by atoms with Crippen molar-refractivity contribution in [2.45, 2.75) is 20.3 Å². The summed E-state index contributed by atoms with van der Waals surface area (Å²) in [5.41, 5.74) is 1.54. The average molecular weight is 355 g/mol. The highest BCUT2D eigenvalue weighted by atomic mass is 16.5. The maximum absolute atomic E-state index is 12.3. The second-order valence-corrected chi connectivity index (χ2v) is 5.45. The van der Waals surface area contributed by atoms with Crippen LogP contribution < -0.4 is 5.32 Å². The molecule has 0 unspecified atom stereocenters. The normalized spacial score (nSPS) is 10.1. The third kappa shape index (κ3) is 5.44. The maximum atomic E-state index is 12.3. The van der Waals surface area contributed by atoms with E-state index in [0.717, 1.165) is 5.56 Å². The lowest BCUT2D eigenvalue weighted by Gasteiger charge is -2.10. The van der Waals surface area contributed by atoms with Gasteiger partial charge in [-0.2, -0.15) is 0 Å². The standard InChI is InChI=1S/C20H21NO5/c1-3-25-19(23)15-11-16(20(24)26-4-2)13-17(12-15)21-18(22)10-14-8-6-5-7-9-14/h5-9,11-13H,3-4,10H2,1-2H3,(H,21,22). The second kappa shape index (κ2) is 9.36. The Morgan fingerprint density at radius 1 is 0.846 bits per heavy atom. The first-order chi connectivity index (χ1) is 12.5. The molecule has 2 rings (SSSR count). The summed E-state index contributed by atoms with van der Waals surface area (Å²) in [5, 5.41) is 2.71. The van der Waals surface area contributed by atoms with Crippen molar-refractivity contribution in [1.82, 2.24) is 0 Å². The highest BCUT2D eigenvalue weighted by Crippen LogP contribution is 2.18. The van der Waals surface area contributed by atoms with E-state index in [0.29, 0.717) is 5.69 Å². The van der Waals surface area contributed by atoms with Gasteiger partial charge in [-0.3, -0.25) is 4.79 Å². The van der Waals surface area contributed by atoms with Crippen LogP contribution in [0.15, 0.2) is 48.5 Å². The molecule has 0 atom stereocenters. The minimum Gasteiger partial charge on any atom is -0.462 e. The Balaban J connectivity index is 2.23. The summed E-state index contributed by atoms with van der Waals surface area (Å²) in [4.78, 5) is 36.3. The van der Waals surface area contributed by atoms with Gasteiger partial charge in [0.15, 0.2) is 0 Å². The molecule has 6 nitrogen and oxygen atoms in total. The van der Waals surface area contributed by atoms with Crippen LogP contribution in [0, 0.1) is 0 Å². The Hall–Kier alpha value is -3.15. The van der Waals surface area contributed by atoms with Crippen LogP contribution in [0.3, 0.4) is 0 Å². The summed E-state index contributed by atoms with van der Waals surface area (Å²) in [5.74, 6) is -1.40. The summed E-state index contributed by atoms with van der Waals surface area (Å²) >= 11 is 0. The van der Waals surface area contributed by atoms with Gasteiger partial charge in [0.2, 0.25) is 5.91 Å². The molecule has 0 spiro atoms. The Bertz CT molecular complexity index is 750. The van der Waals surface area contributed by atoms with Gasteiger partial charge in [0.1, 0.15) is 0 Å². The molecule has 0 aliphatic heterocycles. The number of rotatable bonds is 7. The highest BCUT2D eigenvalue weighted by Gasteiger charge is 2.16.